The summed E-state index contributed by atoms with van der Waals surface area (Å²) in [4.78, 5) is 0. The topological polar surface area (TPSA) is 12.0 Å². The molecule has 0 saturated heterocycles. The van der Waals surface area contributed by atoms with Crippen molar-refractivity contribution in [2.75, 3.05) is 11.9 Å². The van der Waals surface area contributed by atoms with Crippen molar-refractivity contribution in [3.63, 3.8) is 0 Å². The first kappa shape index (κ1) is 13.1. The van der Waals surface area contributed by atoms with Gasteiger partial charge in [-0.25, -0.2) is 4.39 Å². The summed E-state index contributed by atoms with van der Waals surface area (Å²) in [5.74, 6) is 0.738. The molecule has 0 aliphatic heterocycles. The molecular formula is C14H19FIN. The van der Waals surface area contributed by atoms with E-state index in [4.69, 9.17) is 0 Å². The molecule has 0 atom stereocenters. The summed E-state index contributed by atoms with van der Waals surface area (Å²) < 4.78 is 13.9. The SMILES string of the molecule is Fc1ccc(NCCC2CCCCC2)c(I)c1. The van der Waals surface area contributed by atoms with Gasteiger partial charge in [0.15, 0.2) is 0 Å². The molecule has 17 heavy (non-hydrogen) atoms. The Morgan fingerprint density at radius 3 is 2.71 bits per heavy atom. The highest BCUT2D eigenvalue weighted by molar-refractivity contribution is 14.1. The standard InChI is InChI=1S/C14H19FIN/c15-12-6-7-14(13(16)10-12)17-9-8-11-4-2-1-3-5-11/h6-7,10-11,17H,1-5,8-9H2. The number of nitrogens with one attached hydrogen (secondary N) is 1. The van der Waals surface area contributed by atoms with Crippen molar-refractivity contribution in [3.8, 4) is 0 Å². The summed E-state index contributed by atoms with van der Waals surface area (Å²) >= 11 is 2.18. The second kappa shape index (κ2) is 6.57. The predicted molar refractivity (Wildman–Crippen MR) is 78.8 cm³/mol. The lowest BCUT2D eigenvalue weighted by Crippen LogP contribution is -2.12. The molecule has 1 fully saturated rings. The maximum Gasteiger partial charge on any atom is 0.124 e. The minimum atomic E-state index is -0.160. The van der Waals surface area contributed by atoms with Gasteiger partial charge in [0.25, 0.3) is 0 Å². The van der Waals surface area contributed by atoms with Crippen LogP contribution in [0.3, 0.4) is 0 Å². The summed E-state index contributed by atoms with van der Waals surface area (Å²) in [5.41, 5.74) is 1.06. The molecule has 1 N–H and O–H groups in total. The molecule has 1 nitrogen and oxygen atoms in total. The van der Waals surface area contributed by atoms with Gasteiger partial charge in [-0.05, 0) is 53.1 Å². The Kier molecular flexibility index (Phi) is 5.07. The average molecular weight is 347 g/mol. The number of anilines is 1. The molecule has 0 heterocycles. The van der Waals surface area contributed by atoms with Crippen LogP contribution in [-0.2, 0) is 0 Å². The zero-order valence-electron chi connectivity index (χ0n) is 10.0. The molecular weight excluding hydrogens is 328 g/mol. The fourth-order valence-electron chi connectivity index (χ4n) is 2.52. The first-order valence-corrected chi connectivity index (χ1v) is 7.52. The van der Waals surface area contributed by atoms with Crippen molar-refractivity contribution in [2.45, 2.75) is 38.5 Å². The minimum absolute atomic E-state index is 0.160. The van der Waals surface area contributed by atoms with Crippen LogP contribution in [0.25, 0.3) is 0 Å². The number of benzene rings is 1. The van der Waals surface area contributed by atoms with E-state index in [1.54, 1.807) is 6.07 Å². The van der Waals surface area contributed by atoms with Crippen LogP contribution < -0.4 is 5.32 Å². The molecule has 2 rings (SSSR count). The molecule has 1 aliphatic carbocycles. The summed E-state index contributed by atoms with van der Waals surface area (Å²) in [6.45, 7) is 1.01. The maximum atomic E-state index is 12.9. The van der Waals surface area contributed by atoms with E-state index in [1.165, 1.54) is 44.6 Å². The van der Waals surface area contributed by atoms with Crippen molar-refractivity contribution < 1.29 is 4.39 Å². The number of rotatable bonds is 4. The zero-order valence-corrected chi connectivity index (χ0v) is 12.2. The van der Waals surface area contributed by atoms with E-state index in [0.29, 0.717) is 0 Å². The second-order valence-corrected chi connectivity index (χ2v) is 6.01. The van der Waals surface area contributed by atoms with Gasteiger partial charge in [0.1, 0.15) is 5.82 Å². The lowest BCUT2D eigenvalue weighted by molar-refractivity contribution is 0.345. The van der Waals surface area contributed by atoms with Crippen LogP contribution in [-0.4, -0.2) is 6.54 Å². The van der Waals surface area contributed by atoms with Crippen molar-refractivity contribution >= 4 is 28.3 Å². The Morgan fingerprint density at radius 2 is 2.00 bits per heavy atom. The van der Waals surface area contributed by atoms with Gasteiger partial charge < -0.3 is 5.32 Å². The minimum Gasteiger partial charge on any atom is -0.384 e. The Morgan fingerprint density at radius 1 is 1.24 bits per heavy atom. The molecule has 0 spiro atoms. The van der Waals surface area contributed by atoms with Crippen LogP contribution in [0.1, 0.15) is 38.5 Å². The number of hydrogen-bond donors (Lipinski definition) is 1. The number of halogens is 2. The molecule has 3 heteroatoms. The van der Waals surface area contributed by atoms with E-state index in [-0.39, 0.29) is 5.82 Å². The Labute approximate surface area is 116 Å². The van der Waals surface area contributed by atoms with Gasteiger partial charge in [0.2, 0.25) is 0 Å². The van der Waals surface area contributed by atoms with E-state index in [9.17, 15) is 4.39 Å². The van der Waals surface area contributed by atoms with Crippen LogP contribution in [0.2, 0.25) is 0 Å². The molecule has 0 aromatic heterocycles. The van der Waals surface area contributed by atoms with Gasteiger partial charge in [-0.15, -0.1) is 0 Å². The van der Waals surface area contributed by atoms with E-state index in [0.717, 1.165) is 21.7 Å². The summed E-state index contributed by atoms with van der Waals surface area (Å²) in [6, 6.07) is 4.92. The van der Waals surface area contributed by atoms with Crippen LogP contribution in [0, 0.1) is 15.3 Å². The molecule has 1 saturated carbocycles. The third-order valence-corrected chi connectivity index (χ3v) is 4.42. The smallest absolute Gasteiger partial charge is 0.124 e. The van der Waals surface area contributed by atoms with E-state index in [2.05, 4.69) is 27.9 Å². The first-order chi connectivity index (χ1) is 8.25. The molecule has 0 unspecified atom stereocenters. The largest absolute Gasteiger partial charge is 0.384 e. The third kappa shape index (κ3) is 4.12. The number of hydrogen-bond acceptors (Lipinski definition) is 1. The summed E-state index contributed by atoms with van der Waals surface area (Å²) in [6.07, 6.45) is 8.25. The van der Waals surface area contributed by atoms with Crippen molar-refractivity contribution in [1.29, 1.82) is 0 Å². The Hall–Kier alpha value is -0.320. The highest BCUT2D eigenvalue weighted by Crippen LogP contribution is 2.26. The Bertz CT molecular complexity index is 361. The van der Waals surface area contributed by atoms with E-state index < -0.39 is 0 Å². The fraction of sp³-hybridized carbons (Fsp3) is 0.571. The van der Waals surface area contributed by atoms with Gasteiger partial charge >= 0.3 is 0 Å². The lowest BCUT2D eigenvalue weighted by Gasteiger charge is -2.21. The highest BCUT2D eigenvalue weighted by Gasteiger charge is 2.12. The van der Waals surface area contributed by atoms with Crippen LogP contribution >= 0.6 is 22.6 Å². The van der Waals surface area contributed by atoms with Crippen LogP contribution in [0.15, 0.2) is 18.2 Å². The Balaban J connectivity index is 1.77. The first-order valence-electron chi connectivity index (χ1n) is 6.44. The third-order valence-electron chi connectivity index (χ3n) is 3.52. The normalized spacial score (nSPS) is 17.1. The second-order valence-electron chi connectivity index (χ2n) is 4.84. The molecule has 1 aromatic rings. The zero-order chi connectivity index (χ0) is 12.1. The molecule has 1 aliphatic rings. The maximum absolute atomic E-state index is 12.9. The van der Waals surface area contributed by atoms with Crippen LogP contribution in [0.5, 0.6) is 0 Å². The van der Waals surface area contributed by atoms with Gasteiger partial charge in [-0.1, -0.05) is 32.1 Å². The monoisotopic (exact) mass is 347 g/mol. The van der Waals surface area contributed by atoms with Gasteiger partial charge in [0.05, 0.1) is 0 Å². The van der Waals surface area contributed by atoms with Gasteiger partial charge in [0, 0.05) is 15.8 Å². The van der Waals surface area contributed by atoms with E-state index >= 15 is 0 Å². The fourth-order valence-corrected chi connectivity index (χ4v) is 3.19. The molecule has 94 valence electrons. The van der Waals surface area contributed by atoms with Gasteiger partial charge in [-0.2, -0.15) is 0 Å². The van der Waals surface area contributed by atoms with Crippen molar-refractivity contribution in [3.05, 3.63) is 27.6 Å². The molecule has 1 aromatic carbocycles. The van der Waals surface area contributed by atoms with Crippen molar-refractivity contribution in [2.24, 2.45) is 5.92 Å². The summed E-state index contributed by atoms with van der Waals surface area (Å²) in [5, 5.41) is 3.41. The summed E-state index contributed by atoms with van der Waals surface area (Å²) in [7, 11) is 0. The highest BCUT2D eigenvalue weighted by atomic mass is 127. The molecule has 0 bridgehead atoms. The lowest BCUT2D eigenvalue weighted by atomic mass is 9.87. The van der Waals surface area contributed by atoms with Gasteiger partial charge in [-0.3, -0.25) is 0 Å². The molecule has 0 radical (unpaired) electrons. The average Bonchev–Trinajstić information content (AvgIpc) is 2.33. The van der Waals surface area contributed by atoms with E-state index in [1.807, 2.05) is 6.07 Å². The molecule has 0 amide bonds. The van der Waals surface area contributed by atoms with Crippen LogP contribution in [0.4, 0.5) is 10.1 Å². The quantitative estimate of drug-likeness (QED) is 0.771. The van der Waals surface area contributed by atoms with Crippen molar-refractivity contribution in [1.82, 2.24) is 0 Å². The predicted octanol–water partition coefficient (Wildman–Crippen LogP) is 4.81.